The van der Waals surface area contributed by atoms with Gasteiger partial charge in [0.2, 0.25) is 0 Å². The van der Waals surface area contributed by atoms with E-state index in [0.29, 0.717) is 12.6 Å². The van der Waals surface area contributed by atoms with Gasteiger partial charge >= 0.3 is 0 Å². The smallest absolute Gasteiger partial charge is 0.0471 e. The molecule has 1 aromatic rings. The van der Waals surface area contributed by atoms with E-state index in [1.54, 1.807) is 0 Å². The largest absolute Gasteiger partial charge is 0.329 e. The van der Waals surface area contributed by atoms with E-state index in [9.17, 15) is 0 Å². The summed E-state index contributed by atoms with van der Waals surface area (Å²) in [6.07, 6.45) is 2.82. The molecule has 1 aliphatic heterocycles. The maximum absolute atomic E-state index is 6.06. The van der Waals surface area contributed by atoms with Crippen LogP contribution in [0.25, 0.3) is 0 Å². The summed E-state index contributed by atoms with van der Waals surface area (Å²) in [6, 6.07) is 7.89. The van der Waals surface area contributed by atoms with Crippen LogP contribution in [-0.2, 0) is 0 Å². The van der Waals surface area contributed by atoms with Gasteiger partial charge in [-0.25, -0.2) is 0 Å². The molecule has 2 N–H and O–H groups in total. The highest BCUT2D eigenvalue weighted by Gasteiger charge is 2.32. The first-order valence-corrected chi connectivity index (χ1v) is 8.42. The minimum atomic E-state index is 0.355. The van der Waals surface area contributed by atoms with E-state index < -0.39 is 0 Å². The van der Waals surface area contributed by atoms with E-state index in [4.69, 9.17) is 5.73 Å². The van der Waals surface area contributed by atoms with Crippen molar-refractivity contribution in [2.45, 2.75) is 31.8 Å². The molecule has 0 amide bonds. The molecule has 110 valence electrons. The molecule has 1 aromatic carbocycles. The Morgan fingerprint density at radius 1 is 1.25 bits per heavy atom. The highest BCUT2D eigenvalue weighted by atomic mass is 79.9. The van der Waals surface area contributed by atoms with Crippen molar-refractivity contribution >= 4 is 15.9 Å². The topological polar surface area (TPSA) is 32.5 Å². The Morgan fingerprint density at radius 2 is 1.95 bits per heavy atom. The zero-order valence-corrected chi connectivity index (χ0v) is 13.8. The van der Waals surface area contributed by atoms with Crippen molar-refractivity contribution in [1.29, 1.82) is 0 Å². The van der Waals surface area contributed by atoms with Gasteiger partial charge in [0, 0.05) is 49.3 Å². The van der Waals surface area contributed by atoms with Crippen LogP contribution in [0, 0.1) is 6.92 Å². The minimum Gasteiger partial charge on any atom is -0.329 e. The summed E-state index contributed by atoms with van der Waals surface area (Å²) in [7, 11) is 0. The summed E-state index contributed by atoms with van der Waals surface area (Å²) < 4.78 is 1.19. The maximum Gasteiger partial charge on any atom is 0.0471 e. The first-order chi connectivity index (χ1) is 9.69. The van der Waals surface area contributed by atoms with E-state index in [1.807, 2.05) is 0 Å². The quantitative estimate of drug-likeness (QED) is 0.916. The van der Waals surface area contributed by atoms with Gasteiger partial charge in [0.05, 0.1) is 0 Å². The van der Waals surface area contributed by atoms with Gasteiger partial charge in [0.25, 0.3) is 0 Å². The number of halogens is 1. The standard InChI is InChI=1S/C16H24BrN3/c1-12-2-3-13(10-15(12)17)16(11-18)20-8-6-19(7-9-20)14-4-5-14/h2-3,10,14,16H,4-9,11,18H2,1H3. The lowest BCUT2D eigenvalue weighted by molar-refractivity contribution is 0.0938. The third-order valence-electron chi connectivity index (χ3n) is 4.66. The van der Waals surface area contributed by atoms with Crippen LogP contribution in [0.1, 0.15) is 30.0 Å². The van der Waals surface area contributed by atoms with E-state index in [1.165, 1.54) is 41.5 Å². The van der Waals surface area contributed by atoms with Crippen LogP contribution in [0.2, 0.25) is 0 Å². The van der Waals surface area contributed by atoms with E-state index in [2.05, 4.69) is 50.9 Å². The Balaban J connectivity index is 1.68. The van der Waals surface area contributed by atoms with Gasteiger partial charge in [0.1, 0.15) is 0 Å². The number of rotatable bonds is 4. The molecule has 1 saturated carbocycles. The molecule has 2 aliphatic rings. The number of aryl methyl sites for hydroxylation is 1. The summed E-state index contributed by atoms with van der Waals surface area (Å²) >= 11 is 3.64. The molecule has 2 fully saturated rings. The molecule has 0 radical (unpaired) electrons. The van der Waals surface area contributed by atoms with Crippen LogP contribution in [-0.4, -0.2) is 48.6 Å². The van der Waals surface area contributed by atoms with Crippen LogP contribution < -0.4 is 5.73 Å². The summed E-state index contributed by atoms with van der Waals surface area (Å²) in [6.45, 7) is 7.51. The zero-order chi connectivity index (χ0) is 14.1. The van der Waals surface area contributed by atoms with Gasteiger partial charge in [-0.3, -0.25) is 9.80 Å². The van der Waals surface area contributed by atoms with Gasteiger partial charge in [-0.1, -0.05) is 28.1 Å². The molecular weight excluding hydrogens is 314 g/mol. The van der Waals surface area contributed by atoms with E-state index in [0.717, 1.165) is 19.1 Å². The number of hydrogen-bond acceptors (Lipinski definition) is 3. The Bertz CT molecular complexity index is 465. The van der Waals surface area contributed by atoms with Gasteiger partial charge in [0.15, 0.2) is 0 Å². The van der Waals surface area contributed by atoms with Gasteiger partial charge in [-0.05, 0) is 37.0 Å². The van der Waals surface area contributed by atoms with Crippen molar-refractivity contribution in [2.75, 3.05) is 32.7 Å². The monoisotopic (exact) mass is 337 g/mol. The molecule has 4 heteroatoms. The van der Waals surface area contributed by atoms with Crippen molar-refractivity contribution < 1.29 is 0 Å². The summed E-state index contributed by atoms with van der Waals surface area (Å²) in [5.74, 6) is 0. The van der Waals surface area contributed by atoms with Crippen LogP contribution in [0.15, 0.2) is 22.7 Å². The Labute approximate surface area is 130 Å². The highest BCUT2D eigenvalue weighted by Crippen LogP contribution is 2.30. The van der Waals surface area contributed by atoms with Crippen LogP contribution in [0.3, 0.4) is 0 Å². The zero-order valence-electron chi connectivity index (χ0n) is 12.2. The molecule has 0 aromatic heterocycles. The van der Waals surface area contributed by atoms with E-state index >= 15 is 0 Å². The van der Waals surface area contributed by atoms with Crippen LogP contribution in [0.5, 0.6) is 0 Å². The van der Waals surface area contributed by atoms with Crippen molar-refractivity contribution in [3.63, 3.8) is 0 Å². The summed E-state index contributed by atoms with van der Waals surface area (Å²) in [4.78, 5) is 5.20. The lowest BCUT2D eigenvalue weighted by atomic mass is 10.0. The molecule has 3 nitrogen and oxygen atoms in total. The van der Waals surface area contributed by atoms with Gasteiger partial charge in [-0.15, -0.1) is 0 Å². The third kappa shape index (κ3) is 3.08. The van der Waals surface area contributed by atoms with Gasteiger partial charge in [-0.2, -0.15) is 0 Å². The molecule has 1 aliphatic carbocycles. The molecule has 1 heterocycles. The molecule has 0 spiro atoms. The predicted molar refractivity (Wildman–Crippen MR) is 86.8 cm³/mol. The molecule has 3 rings (SSSR count). The lowest BCUT2D eigenvalue weighted by Gasteiger charge is -2.39. The number of nitrogens with two attached hydrogens (primary N) is 1. The fourth-order valence-corrected chi connectivity index (χ4v) is 3.56. The first kappa shape index (κ1) is 14.5. The van der Waals surface area contributed by atoms with Gasteiger partial charge < -0.3 is 5.73 Å². The highest BCUT2D eigenvalue weighted by molar-refractivity contribution is 9.10. The summed E-state index contributed by atoms with van der Waals surface area (Å²) in [5.41, 5.74) is 8.68. The second-order valence-electron chi connectivity index (χ2n) is 6.06. The van der Waals surface area contributed by atoms with Crippen molar-refractivity contribution in [2.24, 2.45) is 5.73 Å². The number of piperazine rings is 1. The average molecular weight is 338 g/mol. The maximum atomic E-state index is 6.06. The molecule has 1 saturated heterocycles. The average Bonchev–Trinajstić information content (AvgIpc) is 3.29. The molecule has 1 unspecified atom stereocenters. The SMILES string of the molecule is Cc1ccc(C(CN)N2CCN(C3CC3)CC2)cc1Br. The van der Waals surface area contributed by atoms with Crippen molar-refractivity contribution in [3.8, 4) is 0 Å². The number of nitrogens with zero attached hydrogens (tertiary/aromatic N) is 2. The molecule has 20 heavy (non-hydrogen) atoms. The van der Waals surface area contributed by atoms with Crippen molar-refractivity contribution in [3.05, 3.63) is 33.8 Å². The normalized spacial score (nSPS) is 22.9. The predicted octanol–water partition coefficient (Wildman–Crippen LogP) is 2.54. The molecule has 0 bridgehead atoms. The lowest BCUT2D eigenvalue weighted by Crippen LogP contribution is -2.49. The third-order valence-corrected chi connectivity index (χ3v) is 5.51. The van der Waals surface area contributed by atoms with Crippen LogP contribution >= 0.6 is 15.9 Å². The second-order valence-corrected chi connectivity index (χ2v) is 6.92. The number of benzene rings is 1. The van der Waals surface area contributed by atoms with Crippen molar-refractivity contribution in [1.82, 2.24) is 9.80 Å². The molecule has 1 atom stereocenters. The Hall–Kier alpha value is -0.420. The fourth-order valence-electron chi connectivity index (χ4n) is 3.17. The minimum absolute atomic E-state index is 0.355. The fraction of sp³-hybridized carbons (Fsp3) is 0.625. The Morgan fingerprint density at radius 3 is 2.50 bits per heavy atom. The Kier molecular flexibility index (Phi) is 4.46. The van der Waals surface area contributed by atoms with E-state index in [-0.39, 0.29) is 0 Å². The first-order valence-electron chi connectivity index (χ1n) is 7.63. The second kappa shape index (κ2) is 6.14. The van der Waals surface area contributed by atoms with Crippen LogP contribution in [0.4, 0.5) is 0 Å². The molecular formula is C16H24BrN3. The number of hydrogen-bond donors (Lipinski definition) is 1. The summed E-state index contributed by atoms with van der Waals surface area (Å²) in [5, 5.41) is 0.